The van der Waals surface area contributed by atoms with Crippen LogP contribution in [0.15, 0.2) is 71.6 Å². The van der Waals surface area contributed by atoms with Crippen LogP contribution in [0.4, 0.5) is 5.69 Å². The normalized spacial score (nSPS) is 14.3. The average Bonchev–Trinajstić information content (AvgIpc) is 3.06. The summed E-state index contributed by atoms with van der Waals surface area (Å²) < 4.78 is 34.6. The number of nitrogens with one attached hydrogen (secondary N) is 1. The summed E-state index contributed by atoms with van der Waals surface area (Å²) in [4.78, 5) is 12.5. The molecule has 0 spiro atoms. The molecule has 166 valence electrons. The van der Waals surface area contributed by atoms with Gasteiger partial charge in [-0.3, -0.25) is 4.79 Å². The third-order valence-electron chi connectivity index (χ3n) is 5.11. The molecule has 0 saturated carbocycles. The molecule has 0 aromatic heterocycles. The minimum absolute atomic E-state index is 0.0159. The number of anilines is 1. The van der Waals surface area contributed by atoms with Crippen molar-refractivity contribution in [3.8, 4) is 11.5 Å². The highest BCUT2D eigenvalue weighted by molar-refractivity contribution is 7.89. The maximum atomic E-state index is 12.5. The molecular formula is C24H24N2O5S. The molecule has 1 amide bonds. The minimum atomic E-state index is -3.77. The van der Waals surface area contributed by atoms with Gasteiger partial charge in [0.1, 0.15) is 12.2 Å². The van der Waals surface area contributed by atoms with Crippen LogP contribution < -0.4 is 19.9 Å². The first kappa shape index (κ1) is 21.9. The monoisotopic (exact) mass is 452 g/mol. The van der Waals surface area contributed by atoms with Gasteiger partial charge in [-0.25, -0.2) is 13.6 Å². The van der Waals surface area contributed by atoms with E-state index in [2.05, 4.69) is 19.2 Å². The zero-order valence-electron chi connectivity index (χ0n) is 17.8. The van der Waals surface area contributed by atoms with E-state index < -0.39 is 10.0 Å². The van der Waals surface area contributed by atoms with E-state index in [1.54, 1.807) is 12.1 Å². The summed E-state index contributed by atoms with van der Waals surface area (Å²) in [5.74, 6) is 1.19. The Balaban J connectivity index is 1.38. The molecule has 0 atom stereocenters. The average molecular weight is 453 g/mol. The molecule has 0 saturated heterocycles. The van der Waals surface area contributed by atoms with Crippen molar-refractivity contribution in [2.75, 3.05) is 5.32 Å². The number of para-hydroxylation sites is 1. The van der Waals surface area contributed by atoms with Crippen molar-refractivity contribution >= 4 is 21.6 Å². The third-order valence-corrected chi connectivity index (χ3v) is 6.04. The van der Waals surface area contributed by atoms with Crippen LogP contribution >= 0.6 is 0 Å². The SMILES string of the molecule is CC1(C)Cc2cccc(OCc3ccc(C(=O)Nc4ccc(S(N)(=O)=O)cc4)cc3)c2O1. The number of amides is 1. The van der Waals surface area contributed by atoms with Crippen LogP contribution in [0, 0.1) is 0 Å². The van der Waals surface area contributed by atoms with Gasteiger partial charge in [0.25, 0.3) is 5.91 Å². The number of rotatable bonds is 6. The second-order valence-electron chi connectivity index (χ2n) is 8.29. The van der Waals surface area contributed by atoms with Crippen LogP contribution in [0.25, 0.3) is 0 Å². The number of nitrogens with two attached hydrogens (primary N) is 1. The van der Waals surface area contributed by atoms with Crippen LogP contribution in [0.2, 0.25) is 0 Å². The molecule has 0 fully saturated rings. The summed E-state index contributed by atoms with van der Waals surface area (Å²) in [6, 6.07) is 18.6. The Labute approximate surface area is 187 Å². The zero-order chi connectivity index (χ0) is 22.9. The number of ether oxygens (including phenoxy) is 2. The molecule has 3 aromatic carbocycles. The van der Waals surface area contributed by atoms with Gasteiger partial charge in [-0.05, 0) is 61.9 Å². The van der Waals surface area contributed by atoms with Gasteiger partial charge < -0.3 is 14.8 Å². The van der Waals surface area contributed by atoms with Crippen molar-refractivity contribution in [2.45, 2.75) is 37.4 Å². The highest BCUT2D eigenvalue weighted by Gasteiger charge is 2.32. The molecule has 0 bridgehead atoms. The van der Waals surface area contributed by atoms with Gasteiger partial charge in [0.2, 0.25) is 10.0 Å². The number of fused-ring (bicyclic) bond motifs is 1. The van der Waals surface area contributed by atoms with E-state index >= 15 is 0 Å². The number of hydrogen-bond acceptors (Lipinski definition) is 5. The highest BCUT2D eigenvalue weighted by atomic mass is 32.2. The van der Waals surface area contributed by atoms with Gasteiger partial charge in [-0.2, -0.15) is 0 Å². The Morgan fingerprint density at radius 3 is 2.41 bits per heavy atom. The van der Waals surface area contributed by atoms with Gasteiger partial charge in [0, 0.05) is 23.2 Å². The van der Waals surface area contributed by atoms with E-state index in [4.69, 9.17) is 14.6 Å². The largest absolute Gasteiger partial charge is 0.485 e. The number of carbonyl (C=O) groups excluding carboxylic acids is 1. The van der Waals surface area contributed by atoms with Crippen molar-refractivity contribution in [3.05, 3.63) is 83.4 Å². The first-order chi connectivity index (χ1) is 15.1. The quantitative estimate of drug-likeness (QED) is 0.590. The zero-order valence-corrected chi connectivity index (χ0v) is 18.6. The molecule has 8 heteroatoms. The van der Waals surface area contributed by atoms with Crippen molar-refractivity contribution in [1.29, 1.82) is 0 Å². The Morgan fingerprint density at radius 1 is 1.06 bits per heavy atom. The minimum Gasteiger partial charge on any atom is -0.485 e. The molecule has 1 heterocycles. The number of benzene rings is 3. The first-order valence-corrected chi connectivity index (χ1v) is 11.6. The fourth-order valence-corrected chi connectivity index (χ4v) is 4.06. The topological polar surface area (TPSA) is 108 Å². The van der Waals surface area contributed by atoms with E-state index in [1.165, 1.54) is 24.3 Å². The Bertz CT molecular complexity index is 1250. The molecule has 0 unspecified atom stereocenters. The molecular weight excluding hydrogens is 428 g/mol. The maximum Gasteiger partial charge on any atom is 0.255 e. The van der Waals surface area contributed by atoms with Gasteiger partial charge in [0.15, 0.2) is 11.5 Å². The van der Waals surface area contributed by atoms with E-state index in [0.29, 0.717) is 23.6 Å². The molecule has 3 aromatic rings. The molecule has 0 aliphatic carbocycles. The van der Waals surface area contributed by atoms with E-state index in [0.717, 1.165) is 23.3 Å². The second kappa shape index (κ2) is 8.29. The molecule has 1 aliphatic rings. The van der Waals surface area contributed by atoms with Crippen LogP contribution in [0.1, 0.15) is 35.3 Å². The van der Waals surface area contributed by atoms with Gasteiger partial charge in [-0.1, -0.05) is 24.3 Å². The molecule has 7 nitrogen and oxygen atoms in total. The van der Waals surface area contributed by atoms with Crippen molar-refractivity contribution in [3.63, 3.8) is 0 Å². The van der Waals surface area contributed by atoms with Crippen LogP contribution in [-0.4, -0.2) is 19.9 Å². The molecule has 3 N–H and O–H groups in total. The van der Waals surface area contributed by atoms with Gasteiger partial charge >= 0.3 is 0 Å². The number of hydrogen-bond donors (Lipinski definition) is 2. The Hall–Kier alpha value is -3.36. The lowest BCUT2D eigenvalue weighted by molar-refractivity contribution is 0.102. The molecule has 32 heavy (non-hydrogen) atoms. The lowest BCUT2D eigenvalue weighted by atomic mass is 10.0. The smallest absolute Gasteiger partial charge is 0.255 e. The predicted molar refractivity (Wildman–Crippen MR) is 121 cm³/mol. The summed E-state index contributed by atoms with van der Waals surface area (Å²) in [6.07, 6.45) is 0.841. The standard InChI is InChI=1S/C24H24N2O5S/c1-24(2)14-18-4-3-5-21(22(18)31-24)30-15-16-6-8-17(9-7-16)23(27)26-19-10-12-20(13-11-19)32(25,28)29/h3-13H,14-15H2,1-2H3,(H,26,27)(H2,25,28,29). The number of sulfonamides is 1. The van der Waals surface area contributed by atoms with Crippen molar-refractivity contribution < 1.29 is 22.7 Å². The molecule has 1 aliphatic heterocycles. The van der Waals surface area contributed by atoms with E-state index in [1.807, 2.05) is 30.3 Å². The fourth-order valence-electron chi connectivity index (χ4n) is 3.55. The summed E-state index contributed by atoms with van der Waals surface area (Å²) in [6.45, 7) is 4.45. The Morgan fingerprint density at radius 2 is 1.75 bits per heavy atom. The number of carbonyl (C=O) groups is 1. The second-order valence-corrected chi connectivity index (χ2v) is 9.85. The van der Waals surface area contributed by atoms with Crippen molar-refractivity contribution in [2.24, 2.45) is 5.14 Å². The third kappa shape index (κ3) is 4.92. The lowest BCUT2D eigenvalue weighted by Gasteiger charge is -2.18. The maximum absolute atomic E-state index is 12.5. The number of primary sulfonamides is 1. The predicted octanol–water partition coefficient (Wildman–Crippen LogP) is 3.88. The Kier molecular flexibility index (Phi) is 5.66. The first-order valence-electron chi connectivity index (χ1n) is 10.1. The summed E-state index contributed by atoms with van der Waals surface area (Å²) in [5.41, 5.74) is 2.74. The van der Waals surface area contributed by atoms with Crippen LogP contribution in [0.5, 0.6) is 11.5 Å². The summed E-state index contributed by atoms with van der Waals surface area (Å²) in [7, 11) is -3.77. The summed E-state index contributed by atoms with van der Waals surface area (Å²) >= 11 is 0. The highest BCUT2D eigenvalue weighted by Crippen LogP contribution is 2.41. The fraction of sp³-hybridized carbons (Fsp3) is 0.208. The lowest BCUT2D eigenvalue weighted by Crippen LogP contribution is -2.24. The van der Waals surface area contributed by atoms with Gasteiger partial charge in [0.05, 0.1) is 4.90 Å². The molecule has 4 rings (SSSR count). The van der Waals surface area contributed by atoms with E-state index in [9.17, 15) is 13.2 Å². The van der Waals surface area contributed by atoms with Gasteiger partial charge in [-0.15, -0.1) is 0 Å². The van der Waals surface area contributed by atoms with Crippen LogP contribution in [0.3, 0.4) is 0 Å². The van der Waals surface area contributed by atoms with Crippen molar-refractivity contribution in [1.82, 2.24) is 0 Å². The summed E-state index contributed by atoms with van der Waals surface area (Å²) in [5, 5.41) is 7.81. The molecule has 0 radical (unpaired) electrons. The van der Waals surface area contributed by atoms with Crippen LogP contribution in [-0.2, 0) is 23.1 Å². The van der Waals surface area contributed by atoms with E-state index in [-0.39, 0.29) is 16.4 Å².